The summed E-state index contributed by atoms with van der Waals surface area (Å²) in [4.78, 5) is 0. The molecule has 2 atom stereocenters. The molecule has 0 heterocycles. The number of rotatable bonds is 8. The summed E-state index contributed by atoms with van der Waals surface area (Å²) in [5.41, 5.74) is 2.15. The van der Waals surface area contributed by atoms with Crippen LogP contribution < -0.4 is 0 Å². The summed E-state index contributed by atoms with van der Waals surface area (Å²) in [5.74, 6) is 0. The zero-order chi connectivity index (χ0) is 15.6. The molecule has 0 unspecified atom stereocenters. The van der Waals surface area contributed by atoms with Gasteiger partial charge in [0.15, 0.2) is 0 Å². The molecule has 0 fully saturated rings. The topological polar surface area (TPSA) is 29.5 Å². The standard InChI is InChI=1S/C20H24O2/c1-17(22-16-18-11-4-2-5-12-18)10-8-9-15-20(21)19-13-6-3-7-14-19/h2-9,11-14,17,20-21H,10,15-16H2,1H3/b9-8-/t17-,20+/m1/s1. The van der Waals surface area contributed by atoms with Crippen LogP contribution in [-0.4, -0.2) is 11.2 Å². The highest BCUT2D eigenvalue weighted by molar-refractivity contribution is 5.18. The van der Waals surface area contributed by atoms with E-state index in [2.05, 4.69) is 25.1 Å². The van der Waals surface area contributed by atoms with E-state index in [1.165, 1.54) is 5.56 Å². The van der Waals surface area contributed by atoms with Gasteiger partial charge in [0.1, 0.15) is 0 Å². The van der Waals surface area contributed by atoms with Crippen LogP contribution in [-0.2, 0) is 11.3 Å². The lowest BCUT2D eigenvalue weighted by Crippen LogP contribution is -2.06. The van der Waals surface area contributed by atoms with E-state index >= 15 is 0 Å². The van der Waals surface area contributed by atoms with Crippen molar-refractivity contribution < 1.29 is 9.84 Å². The van der Waals surface area contributed by atoms with E-state index in [0.29, 0.717) is 13.0 Å². The summed E-state index contributed by atoms with van der Waals surface area (Å²) in [5, 5.41) is 10.1. The molecule has 0 spiro atoms. The Bertz CT molecular complexity index is 548. The fourth-order valence-corrected chi connectivity index (χ4v) is 2.21. The molecular formula is C20H24O2. The van der Waals surface area contributed by atoms with Crippen LogP contribution in [0.5, 0.6) is 0 Å². The molecule has 2 aromatic rings. The maximum Gasteiger partial charge on any atom is 0.0824 e. The molecule has 2 nitrogen and oxygen atoms in total. The molecule has 0 amide bonds. The quantitative estimate of drug-likeness (QED) is 0.718. The number of aliphatic hydroxyl groups is 1. The van der Waals surface area contributed by atoms with Gasteiger partial charge in [-0.3, -0.25) is 0 Å². The van der Waals surface area contributed by atoms with Gasteiger partial charge in [0.05, 0.1) is 18.8 Å². The highest BCUT2D eigenvalue weighted by Gasteiger charge is 2.04. The normalized spacial score (nSPS) is 14.1. The molecule has 0 aliphatic rings. The molecule has 0 aliphatic heterocycles. The highest BCUT2D eigenvalue weighted by Crippen LogP contribution is 2.16. The minimum Gasteiger partial charge on any atom is -0.388 e. The van der Waals surface area contributed by atoms with E-state index < -0.39 is 6.10 Å². The fraction of sp³-hybridized carbons (Fsp3) is 0.300. The third-order valence-electron chi connectivity index (χ3n) is 3.56. The van der Waals surface area contributed by atoms with E-state index in [1.807, 2.05) is 54.6 Å². The van der Waals surface area contributed by atoms with Crippen molar-refractivity contribution in [2.24, 2.45) is 0 Å². The zero-order valence-electron chi connectivity index (χ0n) is 13.1. The lowest BCUT2D eigenvalue weighted by Gasteiger charge is -2.11. The number of benzene rings is 2. The van der Waals surface area contributed by atoms with Gasteiger partial charge >= 0.3 is 0 Å². The Kier molecular flexibility index (Phi) is 6.88. The minimum atomic E-state index is -0.432. The predicted molar refractivity (Wildman–Crippen MR) is 90.5 cm³/mol. The fourth-order valence-electron chi connectivity index (χ4n) is 2.21. The van der Waals surface area contributed by atoms with Gasteiger partial charge in [0, 0.05) is 0 Å². The maximum absolute atomic E-state index is 10.1. The largest absolute Gasteiger partial charge is 0.388 e. The van der Waals surface area contributed by atoms with Crippen LogP contribution in [0.4, 0.5) is 0 Å². The summed E-state index contributed by atoms with van der Waals surface area (Å²) >= 11 is 0. The monoisotopic (exact) mass is 296 g/mol. The van der Waals surface area contributed by atoms with Crippen LogP contribution in [0.15, 0.2) is 72.8 Å². The molecule has 116 valence electrons. The molecule has 2 heteroatoms. The molecule has 1 N–H and O–H groups in total. The van der Waals surface area contributed by atoms with Gasteiger partial charge in [0.2, 0.25) is 0 Å². The van der Waals surface area contributed by atoms with Crippen molar-refractivity contribution in [2.75, 3.05) is 0 Å². The van der Waals surface area contributed by atoms with Crippen molar-refractivity contribution in [1.82, 2.24) is 0 Å². The smallest absolute Gasteiger partial charge is 0.0824 e. The van der Waals surface area contributed by atoms with E-state index in [1.54, 1.807) is 0 Å². The number of hydrogen-bond donors (Lipinski definition) is 1. The van der Waals surface area contributed by atoms with Crippen LogP contribution in [0, 0.1) is 0 Å². The predicted octanol–water partition coefficient (Wildman–Crippen LogP) is 4.66. The van der Waals surface area contributed by atoms with Gasteiger partial charge in [-0.2, -0.15) is 0 Å². The molecule has 0 aliphatic carbocycles. The van der Waals surface area contributed by atoms with E-state index in [0.717, 1.165) is 12.0 Å². The number of ether oxygens (including phenoxy) is 1. The number of aliphatic hydroxyl groups excluding tert-OH is 1. The van der Waals surface area contributed by atoms with E-state index in [-0.39, 0.29) is 6.10 Å². The minimum absolute atomic E-state index is 0.172. The average Bonchev–Trinajstić information content (AvgIpc) is 2.58. The molecule has 2 rings (SSSR count). The van der Waals surface area contributed by atoms with Gasteiger partial charge in [-0.05, 0) is 30.9 Å². The van der Waals surface area contributed by atoms with E-state index in [4.69, 9.17) is 4.74 Å². The van der Waals surface area contributed by atoms with Crippen molar-refractivity contribution >= 4 is 0 Å². The molecule has 0 bridgehead atoms. The maximum atomic E-state index is 10.1. The van der Waals surface area contributed by atoms with Gasteiger partial charge in [0.25, 0.3) is 0 Å². The van der Waals surface area contributed by atoms with Gasteiger partial charge in [-0.25, -0.2) is 0 Å². The summed E-state index contributed by atoms with van der Waals surface area (Å²) in [6.07, 6.45) is 5.34. The molecule has 0 aromatic heterocycles. The van der Waals surface area contributed by atoms with Gasteiger partial charge < -0.3 is 9.84 Å². The summed E-state index contributed by atoms with van der Waals surface area (Å²) in [6, 6.07) is 19.9. The third kappa shape index (κ3) is 5.84. The summed E-state index contributed by atoms with van der Waals surface area (Å²) in [7, 11) is 0. The lowest BCUT2D eigenvalue weighted by atomic mass is 10.1. The van der Waals surface area contributed by atoms with Crippen LogP contribution in [0.1, 0.15) is 37.0 Å². The first-order valence-corrected chi connectivity index (χ1v) is 7.79. The first-order valence-electron chi connectivity index (χ1n) is 7.79. The van der Waals surface area contributed by atoms with Gasteiger partial charge in [-0.1, -0.05) is 72.8 Å². The SMILES string of the molecule is C[C@H](C/C=C\C[C@H](O)c1ccccc1)OCc1ccccc1. The van der Waals surface area contributed by atoms with Crippen LogP contribution >= 0.6 is 0 Å². The molecule has 22 heavy (non-hydrogen) atoms. The molecular weight excluding hydrogens is 272 g/mol. The molecule has 0 radical (unpaired) electrons. The first-order chi connectivity index (χ1) is 10.8. The van der Waals surface area contributed by atoms with Crippen molar-refractivity contribution in [3.8, 4) is 0 Å². The van der Waals surface area contributed by atoms with Gasteiger partial charge in [-0.15, -0.1) is 0 Å². The molecule has 0 saturated carbocycles. The van der Waals surface area contributed by atoms with Crippen molar-refractivity contribution in [3.63, 3.8) is 0 Å². The summed E-state index contributed by atoms with van der Waals surface area (Å²) < 4.78 is 5.81. The first kappa shape index (κ1) is 16.5. The second kappa shape index (κ2) is 9.19. The van der Waals surface area contributed by atoms with Crippen LogP contribution in [0.2, 0.25) is 0 Å². The van der Waals surface area contributed by atoms with Crippen LogP contribution in [0.25, 0.3) is 0 Å². The lowest BCUT2D eigenvalue weighted by molar-refractivity contribution is 0.0551. The Morgan fingerprint density at radius 1 is 0.909 bits per heavy atom. The third-order valence-corrected chi connectivity index (χ3v) is 3.56. The second-order valence-electron chi connectivity index (χ2n) is 5.48. The highest BCUT2D eigenvalue weighted by atomic mass is 16.5. The Hall–Kier alpha value is -1.90. The van der Waals surface area contributed by atoms with Crippen molar-refractivity contribution in [1.29, 1.82) is 0 Å². The molecule has 0 saturated heterocycles. The Morgan fingerprint density at radius 3 is 2.18 bits per heavy atom. The van der Waals surface area contributed by atoms with Crippen molar-refractivity contribution in [3.05, 3.63) is 83.9 Å². The average molecular weight is 296 g/mol. The Morgan fingerprint density at radius 2 is 1.50 bits per heavy atom. The van der Waals surface area contributed by atoms with E-state index in [9.17, 15) is 5.11 Å². The number of hydrogen-bond acceptors (Lipinski definition) is 2. The van der Waals surface area contributed by atoms with Crippen LogP contribution in [0.3, 0.4) is 0 Å². The Labute approximate surface area is 133 Å². The zero-order valence-corrected chi connectivity index (χ0v) is 13.1. The Balaban J connectivity index is 1.66. The second-order valence-corrected chi connectivity index (χ2v) is 5.48. The van der Waals surface area contributed by atoms with Crippen molar-refractivity contribution in [2.45, 2.75) is 38.6 Å². The molecule has 2 aromatic carbocycles. The summed E-state index contributed by atoms with van der Waals surface area (Å²) in [6.45, 7) is 2.71.